The molecule has 12 heteroatoms. The first-order chi connectivity index (χ1) is 15.2. The highest BCUT2D eigenvalue weighted by Gasteiger charge is 2.38. The second kappa shape index (κ2) is 12.0. The fraction of sp³-hybridized carbons (Fsp3) is 0.500. The first-order valence-electron chi connectivity index (χ1n) is 10.1. The number of thiol groups is 2. The number of phenols is 1. The van der Waals surface area contributed by atoms with Crippen LogP contribution in [0.3, 0.4) is 0 Å². The number of nitrogens with one attached hydrogen (secondary N) is 2. The lowest BCUT2D eigenvalue weighted by Crippen LogP contribution is -2.57. The number of carbonyl (C=O) groups is 4. The zero-order chi connectivity index (χ0) is 23.8. The van der Waals surface area contributed by atoms with E-state index in [0.29, 0.717) is 24.9 Å². The van der Waals surface area contributed by atoms with Crippen LogP contribution in [0.5, 0.6) is 5.75 Å². The van der Waals surface area contributed by atoms with Crippen molar-refractivity contribution in [3.63, 3.8) is 0 Å². The smallest absolute Gasteiger partial charge is 0.326 e. The van der Waals surface area contributed by atoms with E-state index in [1.54, 1.807) is 12.1 Å². The fourth-order valence-electron chi connectivity index (χ4n) is 3.39. The Labute approximate surface area is 196 Å². The number of rotatable bonds is 10. The standard InChI is InChI=1S/C20H28N4O6S2/c21-13(9-31)17(26)23-15(10-32)19(28)24-7-1-2-16(24)18(27)22-14(20(29)30)8-11-3-5-12(25)6-4-11/h3-6,13-16,25,31-32H,1-2,7-10,21H2,(H,22,27)(H,23,26)(H,29,30). The molecule has 1 aromatic rings. The van der Waals surface area contributed by atoms with Gasteiger partial charge in [-0.25, -0.2) is 4.79 Å². The summed E-state index contributed by atoms with van der Waals surface area (Å²) >= 11 is 8.09. The van der Waals surface area contributed by atoms with Gasteiger partial charge in [-0.15, -0.1) is 0 Å². The number of nitrogens with two attached hydrogens (primary N) is 1. The lowest BCUT2D eigenvalue weighted by atomic mass is 10.0. The normalized spacial score (nSPS) is 18.5. The van der Waals surface area contributed by atoms with Crippen LogP contribution in [0.2, 0.25) is 0 Å². The molecule has 1 fully saturated rings. The number of aliphatic carboxylic acids is 1. The van der Waals surface area contributed by atoms with Gasteiger partial charge in [0.05, 0.1) is 6.04 Å². The van der Waals surface area contributed by atoms with Crippen LogP contribution in [0.1, 0.15) is 18.4 Å². The molecule has 4 unspecified atom stereocenters. The van der Waals surface area contributed by atoms with Crippen LogP contribution in [-0.2, 0) is 25.6 Å². The number of hydrogen-bond donors (Lipinski definition) is 7. The fourth-order valence-corrected chi connectivity index (χ4v) is 3.80. The summed E-state index contributed by atoms with van der Waals surface area (Å²) in [6.45, 7) is 0.297. The van der Waals surface area contributed by atoms with E-state index in [1.807, 2.05) is 0 Å². The average molecular weight is 485 g/mol. The molecule has 176 valence electrons. The molecule has 32 heavy (non-hydrogen) atoms. The van der Waals surface area contributed by atoms with Crippen LogP contribution in [-0.4, -0.2) is 81.0 Å². The number of phenolic OH excluding ortho intramolecular Hbond substituents is 1. The molecular weight excluding hydrogens is 456 g/mol. The van der Waals surface area contributed by atoms with Crippen molar-refractivity contribution in [3.05, 3.63) is 29.8 Å². The number of aromatic hydroxyl groups is 1. The summed E-state index contributed by atoms with van der Waals surface area (Å²) in [5.74, 6) is -2.68. The number of carbonyl (C=O) groups excluding carboxylic acids is 3. The minimum Gasteiger partial charge on any atom is -0.508 e. The molecule has 0 spiro atoms. The minimum absolute atomic E-state index is 0.00725. The summed E-state index contributed by atoms with van der Waals surface area (Å²) in [7, 11) is 0. The molecular formula is C20H28N4O6S2. The highest BCUT2D eigenvalue weighted by Crippen LogP contribution is 2.20. The predicted octanol–water partition coefficient (Wildman–Crippen LogP) is -0.833. The Kier molecular flexibility index (Phi) is 9.66. The molecule has 1 heterocycles. The lowest BCUT2D eigenvalue weighted by Gasteiger charge is -2.29. The molecule has 1 aromatic carbocycles. The van der Waals surface area contributed by atoms with Crippen LogP contribution in [0, 0.1) is 0 Å². The Morgan fingerprint density at radius 3 is 2.31 bits per heavy atom. The second-order valence-corrected chi connectivity index (χ2v) is 8.22. The summed E-state index contributed by atoms with van der Waals surface area (Å²) in [5, 5.41) is 23.9. The molecule has 1 aliphatic heterocycles. The molecule has 0 saturated carbocycles. The van der Waals surface area contributed by atoms with E-state index < -0.39 is 47.9 Å². The number of carboxylic acids is 1. The van der Waals surface area contributed by atoms with Gasteiger partial charge in [-0.2, -0.15) is 25.3 Å². The summed E-state index contributed by atoms with van der Waals surface area (Å²) in [6.07, 6.45) is 0.939. The highest BCUT2D eigenvalue weighted by atomic mass is 32.1. The molecule has 0 aliphatic carbocycles. The van der Waals surface area contributed by atoms with Crippen molar-refractivity contribution in [2.45, 2.75) is 43.4 Å². The van der Waals surface area contributed by atoms with Crippen molar-refractivity contribution in [1.29, 1.82) is 0 Å². The third-order valence-corrected chi connectivity index (χ3v) is 5.92. The largest absolute Gasteiger partial charge is 0.508 e. The van der Waals surface area contributed by atoms with Gasteiger partial charge in [0.25, 0.3) is 0 Å². The van der Waals surface area contributed by atoms with Gasteiger partial charge in [-0.1, -0.05) is 12.1 Å². The van der Waals surface area contributed by atoms with Crippen molar-refractivity contribution >= 4 is 48.9 Å². The maximum absolute atomic E-state index is 13.0. The van der Waals surface area contributed by atoms with Crippen molar-refractivity contribution in [2.75, 3.05) is 18.1 Å². The molecule has 6 N–H and O–H groups in total. The maximum Gasteiger partial charge on any atom is 0.326 e. The van der Waals surface area contributed by atoms with Gasteiger partial charge in [-0.3, -0.25) is 14.4 Å². The van der Waals surface area contributed by atoms with Gasteiger partial charge in [0.2, 0.25) is 17.7 Å². The molecule has 4 atom stereocenters. The van der Waals surface area contributed by atoms with E-state index in [1.165, 1.54) is 17.0 Å². The Morgan fingerprint density at radius 1 is 1.09 bits per heavy atom. The minimum atomic E-state index is -1.22. The Bertz CT molecular complexity index is 838. The molecule has 3 amide bonds. The number of nitrogens with zero attached hydrogens (tertiary/aromatic N) is 1. The first-order valence-corrected chi connectivity index (χ1v) is 11.3. The topological polar surface area (TPSA) is 162 Å². The van der Waals surface area contributed by atoms with Crippen LogP contribution in [0.4, 0.5) is 0 Å². The van der Waals surface area contributed by atoms with Crippen molar-refractivity contribution < 1.29 is 29.4 Å². The number of benzene rings is 1. The quantitative estimate of drug-likeness (QED) is 0.213. The molecule has 2 rings (SSSR count). The summed E-state index contributed by atoms with van der Waals surface area (Å²) in [6, 6.07) is 2.06. The summed E-state index contributed by atoms with van der Waals surface area (Å²) in [4.78, 5) is 50.9. The number of hydrogen-bond acceptors (Lipinski definition) is 8. The number of carboxylic acid groups (broad SMARTS) is 1. The Hall–Kier alpha value is -2.44. The molecule has 1 aliphatic rings. The first kappa shape index (κ1) is 25.8. The third-order valence-electron chi connectivity index (χ3n) is 5.16. The maximum atomic E-state index is 13.0. The number of likely N-dealkylation sites (tertiary alicyclic amines) is 1. The third kappa shape index (κ3) is 6.78. The van der Waals surface area contributed by atoms with E-state index in [0.717, 1.165) is 0 Å². The number of amides is 3. The van der Waals surface area contributed by atoms with Crippen LogP contribution >= 0.6 is 25.3 Å². The van der Waals surface area contributed by atoms with Crippen LogP contribution in [0.15, 0.2) is 24.3 Å². The van der Waals surface area contributed by atoms with Crippen LogP contribution in [0.25, 0.3) is 0 Å². The molecule has 10 nitrogen and oxygen atoms in total. The summed E-state index contributed by atoms with van der Waals surface area (Å²) < 4.78 is 0. The van der Waals surface area contributed by atoms with Gasteiger partial charge in [0.15, 0.2) is 0 Å². The molecule has 0 aromatic heterocycles. The van der Waals surface area contributed by atoms with E-state index in [9.17, 15) is 29.4 Å². The van der Waals surface area contributed by atoms with Gasteiger partial charge in [0, 0.05) is 24.5 Å². The van der Waals surface area contributed by atoms with Crippen molar-refractivity contribution in [1.82, 2.24) is 15.5 Å². The van der Waals surface area contributed by atoms with Gasteiger partial charge >= 0.3 is 5.97 Å². The molecule has 1 saturated heterocycles. The zero-order valence-corrected chi connectivity index (χ0v) is 19.1. The molecule has 0 bridgehead atoms. The summed E-state index contributed by atoms with van der Waals surface area (Å²) in [5.41, 5.74) is 6.25. The van der Waals surface area contributed by atoms with E-state index in [2.05, 4.69) is 35.9 Å². The second-order valence-electron chi connectivity index (χ2n) is 7.49. The van der Waals surface area contributed by atoms with Gasteiger partial charge < -0.3 is 31.5 Å². The lowest BCUT2D eigenvalue weighted by molar-refractivity contribution is -0.144. The monoisotopic (exact) mass is 484 g/mol. The SMILES string of the molecule is NC(CS)C(=O)NC(CS)C(=O)N1CCCC1C(=O)NC(Cc1ccc(O)cc1)C(=O)O. The Balaban J connectivity index is 2.07. The Morgan fingerprint density at radius 2 is 1.75 bits per heavy atom. The van der Waals surface area contributed by atoms with Gasteiger partial charge in [-0.05, 0) is 30.5 Å². The van der Waals surface area contributed by atoms with Gasteiger partial charge in [0.1, 0.15) is 23.9 Å². The van der Waals surface area contributed by atoms with E-state index in [4.69, 9.17) is 5.73 Å². The van der Waals surface area contributed by atoms with Crippen LogP contribution < -0.4 is 16.4 Å². The average Bonchev–Trinajstić information content (AvgIpc) is 3.27. The molecule has 0 radical (unpaired) electrons. The highest BCUT2D eigenvalue weighted by molar-refractivity contribution is 7.80. The van der Waals surface area contributed by atoms with Crippen molar-refractivity contribution in [3.8, 4) is 5.75 Å². The predicted molar refractivity (Wildman–Crippen MR) is 124 cm³/mol. The van der Waals surface area contributed by atoms with E-state index in [-0.39, 0.29) is 23.7 Å². The van der Waals surface area contributed by atoms with Crippen molar-refractivity contribution in [2.24, 2.45) is 5.73 Å². The zero-order valence-electron chi connectivity index (χ0n) is 17.3. The van der Waals surface area contributed by atoms with E-state index >= 15 is 0 Å².